The van der Waals surface area contributed by atoms with Crippen molar-refractivity contribution in [3.05, 3.63) is 51.7 Å². The highest BCUT2D eigenvalue weighted by Crippen LogP contribution is 2.34. The third kappa shape index (κ3) is 2.96. The monoisotopic (exact) mass is 341 g/mol. The predicted molar refractivity (Wildman–Crippen MR) is 80.9 cm³/mol. The molecule has 0 fully saturated rings. The van der Waals surface area contributed by atoms with Crippen LogP contribution in [0.15, 0.2) is 28.7 Å². The van der Waals surface area contributed by atoms with Crippen molar-refractivity contribution in [3.63, 3.8) is 0 Å². The molecule has 0 aliphatic carbocycles. The van der Waals surface area contributed by atoms with E-state index < -0.39 is 29.2 Å². The minimum Gasteiger partial charge on any atom is -0.359 e. The molecular formula is C15H14F3N3OS. The zero-order valence-corrected chi connectivity index (χ0v) is 13.3. The number of nitrogens with one attached hydrogen (secondary N) is 1. The summed E-state index contributed by atoms with van der Waals surface area (Å²) in [5.74, 6) is -3.51. The summed E-state index contributed by atoms with van der Waals surface area (Å²) in [6.45, 7) is 1.78. The van der Waals surface area contributed by atoms with E-state index in [1.807, 2.05) is 0 Å². The lowest BCUT2D eigenvalue weighted by atomic mass is 9.95. The summed E-state index contributed by atoms with van der Waals surface area (Å²) in [6.07, 6.45) is 1.89. The molecule has 0 bridgehead atoms. The van der Waals surface area contributed by atoms with Crippen molar-refractivity contribution < 1.29 is 17.9 Å². The smallest absolute Gasteiger partial charge is 0.194 e. The molecule has 0 saturated carbocycles. The topological polar surface area (TPSA) is 46.5 Å². The van der Waals surface area contributed by atoms with Gasteiger partial charge in [0.05, 0.1) is 6.04 Å². The van der Waals surface area contributed by atoms with Crippen LogP contribution in [0.2, 0.25) is 0 Å². The van der Waals surface area contributed by atoms with Crippen LogP contribution in [0.5, 0.6) is 0 Å². The van der Waals surface area contributed by atoms with Crippen molar-refractivity contribution in [1.82, 2.24) is 10.3 Å². The van der Waals surface area contributed by atoms with Crippen LogP contribution in [-0.4, -0.2) is 23.7 Å². The van der Waals surface area contributed by atoms with Crippen LogP contribution in [0.3, 0.4) is 0 Å². The molecule has 1 N–H and O–H groups in total. The Morgan fingerprint density at radius 2 is 2.09 bits per heavy atom. The van der Waals surface area contributed by atoms with Crippen LogP contribution in [-0.2, 0) is 4.74 Å². The number of amidine groups is 1. The molecule has 23 heavy (non-hydrogen) atoms. The van der Waals surface area contributed by atoms with Gasteiger partial charge in [0.15, 0.2) is 28.3 Å². The van der Waals surface area contributed by atoms with Gasteiger partial charge >= 0.3 is 0 Å². The first-order valence-electron chi connectivity index (χ1n) is 6.88. The molecule has 1 aromatic heterocycles. The molecule has 0 radical (unpaired) electrons. The van der Waals surface area contributed by atoms with Crippen LogP contribution >= 0.6 is 11.3 Å². The maximum absolute atomic E-state index is 14.1. The second-order valence-corrected chi connectivity index (χ2v) is 6.25. The molecule has 0 saturated heterocycles. The molecule has 1 aliphatic heterocycles. The van der Waals surface area contributed by atoms with Gasteiger partial charge in [-0.3, -0.25) is 4.99 Å². The quantitative estimate of drug-likeness (QED) is 0.871. The fourth-order valence-corrected chi connectivity index (χ4v) is 3.05. The fourth-order valence-electron chi connectivity index (χ4n) is 2.47. The number of ether oxygens (including phenoxy) is 1. The molecule has 1 unspecified atom stereocenters. The lowest BCUT2D eigenvalue weighted by molar-refractivity contribution is -0.0239. The second kappa shape index (κ2) is 5.93. The molecule has 8 heteroatoms. The Labute approximate surface area is 135 Å². The minimum absolute atomic E-state index is 0.0114. The highest BCUT2D eigenvalue weighted by Gasteiger charge is 2.36. The van der Waals surface area contributed by atoms with Crippen molar-refractivity contribution in [2.45, 2.75) is 25.1 Å². The Morgan fingerprint density at radius 3 is 2.74 bits per heavy atom. The summed E-state index contributed by atoms with van der Waals surface area (Å²) >= 11 is 1.36. The summed E-state index contributed by atoms with van der Waals surface area (Å²) in [5.41, 5.74) is -0.840. The van der Waals surface area contributed by atoms with Gasteiger partial charge in [-0.2, -0.15) is 0 Å². The lowest BCUT2D eigenvalue weighted by Gasteiger charge is -2.37. The summed E-state index contributed by atoms with van der Waals surface area (Å²) in [4.78, 5) is 8.58. The number of aliphatic imine (C=N–C) groups is 1. The number of nitrogens with zero attached hydrogens (tertiary/aromatic N) is 2. The minimum atomic E-state index is -1.49. The molecule has 1 aliphatic rings. The maximum atomic E-state index is 14.1. The van der Waals surface area contributed by atoms with Crippen molar-refractivity contribution in [3.8, 4) is 0 Å². The zero-order valence-electron chi connectivity index (χ0n) is 12.4. The fraction of sp³-hybridized carbons (Fsp3) is 0.333. The normalized spacial score (nSPS) is 24.2. The first-order valence-corrected chi connectivity index (χ1v) is 7.76. The van der Waals surface area contributed by atoms with Crippen molar-refractivity contribution >= 4 is 17.2 Å². The molecule has 2 aromatic rings. The number of methoxy groups -OCH3 is 1. The Hall–Kier alpha value is -1.93. The van der Waals surface area contributed by atoms with Gasteiger partial charge in [0.1, 0.15) is 5.72 Å². The Balaban J connectivity index is 2.07. The zero-order chi connectivity index (χ0) is 16.6. The molecule has 0 amide bonds. The molecular weight excluding hydrogens is 327 g/mol. The third-order valence-corrected chi connectivity index (χ3v) is 4.54. The summed E-state index contributed by atoms with van der Waals surface area (Å²) in [6, 6.07) is 1.40. The van der Waals surface area contributed by atoms with Crippen LogP contribution in [0, 0.1) is 17.5 Å². The van der Waals surface area contributed by atoms with Crippen LogP contribution in [0.1, 0.15) is 30.0 Å². The van der Waals surface area contributed by atoms with E-state index in [0.717, 1.165) is 6.07 Å². The Morgan fingerprint density at radius 1 is 1.30 bits per heavy atom. The Kier molecular flexibility index (Phi) is 4.11. The van der Waals surface area contributed by atoms with E-state index in [2.05, 4.69) is 15.3 Å². The van der Waals surface area contributed by atoms with Gasteiger partial charge in [0.25, 0.3) is 0 Å². The SMILES string of the molecule is COC1(C)C[C@H](c2ccc(F)c(F)c2F)N=C(c2nccs2)N1. The van der Waals surface area contributed by atoms with Gasteiger partial charge in [-0.1, -0.05) is 6.07 Å². The van der Waals surface area contributed by atoms with Gasteiger partial charge < -0.3 is 10.1 Å². The highest BCUT2D eigenvalue weighted by molar-refractivity contribution is 7.11. The van der Waals surface area contributed by atoms with E-state index in [1.165, 1.54) is 24.5 Å². The van der Waals surface area contributed by atoms with Crippen molar-refractivity contribution in [2.24, 2.45) is 4.99 Å². The van der Waals surface area contributed by atoms with E-state index >= 15 is 0 Å². The van der Waals surface area contributed by atoms with Crippen LogP contribution in [0.25, 0.3) is 0 Å². The van der Waals surface area contributed by atoms with E-state index in [0.29, 0.717) is 10.8 Å². The Bertz CT molecular complexity index is 751. The highest BCUT2D eigenvalue weighted by atomic mass is 32.1. The van der Waals surface area contributed by atoms with Gasteiger partial charge in [-0.25, -0.2) is 18.2 Å². The molecule has 0 spiro atoms. The number of thiazole rings is 1. The number of aromatic nitrogens is 1. The average molecular weight is 341 g/mol. The van der Waals surface area contributed by atoms with Gasteiger partial charge in [-0.05, 0) is 13.0 Å². The van der Waals surface area contributed by atoms with Gasteiger partial charge in [0.2, 0.25) is 0 Å². The standard InChI is InChI=1S/C15H14F3N3OS/c1-15(22-2)7-10(8-3-4-9(16)12(18)11(8)17)20-13(21-15)14-19-5-6-23-14/h3-6,10H,7H2,1-2H3,(H,20,21)/t10-,15?/m1/s1. The first-order chi connectivity index (χ1) is 10.9. The number of benzene rings is 1. The maximum Gasteiger partial charge on any atom is 0.194 e. The first kappa shape index (κ1) is 15.9. The number of hydrogen-bond acceptors (Lipinski definition) is 5. The lowest BCUT2D eigenvalue weighted by Crippen LogP contribution is -2.51. The third-order valence-electron chi connectivity index (χ3n) is 3.76. The van der Waals surface area contributed by atoms with Crippen LogP contribution < -0.4 is 5.32 Å². The van der Waals surface area contributed by atoms with Gasteiger partial charge in [-0.15, -0.1) is 11.3 Å². The molecule has 3 rings (SSSR count). The van der Waals surface area contributed by atoms with Gasteiger partial charge in [0, 0.05) is 30.7 Å². The largest absolute Gasteiger partial charge is 0.359 e. The number of halogens is 3. The molecule has 1 aromatic carbocycles. The van der Waals surface area contributed by atoms with E-state index in [4.69, 9.17) is 4.74 Å². The molecule has 2 heterocycles. The summed E-state index contributed by atoms with van der Waals surface area (Å²) in [5, 5.41) is 5.51. The molecule has 122 valence electrons. The molecule has 2 atom stereocenters. The molecule has 4 nitrogen and oxygen atoms in total. The summed E-state index contributed by atoms with van der Waals surface area (Å²) < 4.78 is 46.2. The number of hydrogen-bond donors (Lipinski definition) is 1. The van der Waals surface area contributed by atoms with E-state index in [-0.39, 0.29) is 12.0 Å². The second-order valence-electron chi connectivity index (χ2n) is 5.36. The number of rotatable bonds is 3. The average Bonchev–Trinajstić information content (AvgIpc) is 3.07. The summed E-state index contributed by atoms with van der Waals surface area (Å²) in [7, 11) is 1.51. The van der Waals surface area contributed by atoms with E-state index in [9.17, 15) is 13.2 Å². The van der Waals surface area contributed by atoms with Crippen LogP contribution in [0.4, 0.5) is 13.2 Å². The predicted octanol–water partition coefficient (Wildman–Crippen LogP) is 3.40. The van der Waals surface area contributed by atoms with Crippen molar-refractivity contribution in [1.29, 1.82) is 0 Å². The van der Waals surface area contributed by atoms with Crippen molar-refractivity contribution in [2.75, 3.05) is 7.11 Å². The van der Waals surface area contributed by atoms with E-state index in [1.54, 1.807) is 18.5 Å².